The standard InChI is InChI=1S/C28H24Cl2N2O2/c1-2-33-27-18-22(17-26(30)28(27)34-20-21-13-15-23(29)16-14-21)19-31-32(24-9-5-3-6-10-24)25-11-7-4-8-12-25/h3-19H,2,20H2,1H3/b31-19-. The van der Waals surface area contributed by atoms with Crippen LogP contribution in [0.15, 0.2) is 102 Å². The molecule has 0 heterocycles. The second-order valence-corrected chi connectivity index (χ2v) is 8.25. The van der Waals surface area contributed by atoms with Gasteiger partial charge in [0.25, 0.3) is 0 Å². The molecule has 0 atom stereocenters. The Hall–Kier alpha value is -3.47. The molecule has 0 aliphatic carbocycles. The fourth-order valence-electron chi connectivity index (χ4n) is 3.35. The largest absolute Gasteiger partial charge is 0.490 e. The van der Waals surface area contributed by atoms with Crippen LogP contribution in [0.2, 0.25) is 10.0 Å². The Kier molecular flexibility index (Phi) is 8.08. The Morgan fingerprint density at radius 3 is 2.00 bits per heavy atom. The van der Waals surface area contributed by atoms with E-state index in [0.29, 0.717) is 34.8 Å². The minimum atomic E-state index is 0.347. The molecule has 4 rings (SSSR count). The third-order valence-corrected chi connectivity index (χ3v) is 5.48. The van der Waals surface area contributed by atoms with Gasteiger partial charge in [-0.05, 0) is 66.6 Å². The molecule has 0 aliphatic heterocycles. The fraction of sp³-hybridized carbons (Fsp3) is 0.107. The molecular weight excluding hydrogens is 467 g/mol. The SMILES string of the molecule is CCOc1cc(/C=N\N(c2ccccc2)c2ccccc2)cc(Cl)c1OCc1ccc(Cl)cc1. The Bertz CT molecular complexity index is 1190. The maximum absolute atomic E-state index is 6.61. The fourth-order valence-corrected chi connectivity index (χ4v) is 3.75. The van der Waals surface area contributed by atoms with Crippen LogP contribution in [-0.2, 0) is 6.61 Å². The van der Waals surface area contributed by atoms with Crippen molar-refractivity contribution in [1.29, 1.82) is 0 Å². The maximum atomic E-state index is 6.61. The topological polar surface area (TPSA) is 34.1 Å². The van der Waals surface area contributed by atoms with E-state index in [1.54, 1.807) is 6.21 Å². The monoisotopic (exact) mass is 490 g/mol. The van der Waals surface area contributed by atoms with E-state index in [9.17, 15) is 0 Å². The Morgan fingerprint density at radius 2 is 1.41 bits per heavy atom. The first-order valence-electron chi connectivity index (χ1n) is 10.9. The lowest BCUT2D eigenvalue weighted by atomic mass is 10.2. The molecular formula is C28H24Cl2N2O2. The van der Waals surface area contributed by atoms with Crippen molar-refractivity contribution in [2.45, 2.75) is 13.5 Å². The highest BCUT2D eigenvalue weighted by molar-refractivity contribution is 6.32. The summed E-state index contributed by atoms with van der Waals surface area (Å²) < 4.78 is 11.8. The van der Waals surface area contributed by atoms with Gasteiger partial charge < -0.3 is 9.47 Å². The van der Waals surface area contributed by atoms with Gasteiger partial charge in [-0.3, -0.25) is 0 Å². The van der Waals surface area contributed by atoms with Crippen molar-refractivity contribution in [3.8, 4) is 11.5 Å². The number of halogens is 2. The van der Waals surface area contributed by atoms with E-state index < -0.39 is 0 Å². The van der Waals surface area contributed by atoms with Gasteiger partial charge >= 0.3 is 0 Å². The lowest BCUT2D eigenvalue weighted by molar-refractivity contribution is 0.269. The van der Waals surface area contributed by atoms with Gasteiger partial charge in [-0.1, -0.05) is 71.7 Å². The van der Waals surface area contributed by atoms with Crippen molar-refractivity contribution in [1.82, 2.24) is 0 Å². The van der Waals surface area contributed by atoms with E-state index in [0.717, 1.165) is 22.5 Å². The third-order valence-electron chi connectivity index (χ3n) is 4.95. The highest BCUT2D eigenvalue weighted by Crippen LogP contribution is 2.37. The molecule has 0 N–H and O–H groups in total. The van der Waals surface area contributed by atoms with Crippen LogP contribution in [0, 0.1) is 0 Å². The van der Waals surface area contributed by atoms with Crippen molar-refractivity contribution in [3.63, 3.8) is 0 Å². The second kappa shape index (κ2) is 11.6. The minimum absolute atomic E-state index is 0.347. The highest BCUT2D eigenvalue weighted by atomic mass is 35.5. The van der Waals surface area contributed by atoms with Crippen LogP contribution in [0.5, 0.6) is 11.5 Å². The normalized spacial score (nSPS) is 10.9. The third kappa shape index (κ3) is 6.10. The minimum Gasteiger partial charge on any atom is -0.490 e. The van der Waals surface area contributed by atoms with Gasteiger partial charge in [0.1, 0.15) is 6.61 Å². The zero-order chi connectivity index (χ0) is 23.8. The van der Waals surface area contributed by atoms with E-state index >= 15 is 0 Å². The van der Waals surface area contributed by atoms with Crippen molar-refractivity contribution >= 4 is 40.8 Å². The number of rotatable bonds is 9. The molecule has 0 spiro atoms. The molecule has 6 heteroatoms. The summed E-state index contributed by atoms with van der Waals surface area (Å²) in [5.74, 6) is 1.06. The number of hydrogen-bond acceptors (Lipinski definition) is 4. The molecule has 0 saturated carbocycles. The van der Waals surface area contributed by atoms with Crippen molar-refractivity contribution in [3.05, 3.63) is 118 Å². The molecule has 4 nitrogen and oxygen atoms in total. The summed E-state index contributed by atoms with van der Waals surface area (Å²) in [4.78, 5) is 0. The smallest absolute Gasteiger partial charge is 0.180 e. The molecule has 172 valence electrons. The molecule has 0 unspecified atom stereocenters. The summed E-state index contributed by atoms with van der Waals surface area (Å²) in [7, 11) is 0. The molecule has 34 heavy (non-hydrogen) atoms. The lowest BCUT2D eigenvalue weighted by Gasteiger charge is -2.19. The maximum Gasteiger partial charge on any atom is 0.180 e. The van der Waals surface area contributed by atoms with Crippen LogP contribution in [-0.4, -0.2) is 12.8 Å². The van der Waals surface area contributed by atoms with Gasteiger partial charge in [-0.15, -0.1) is 0 Å². The summed E-state index contributed by atoms with van der Waals surface area (Å²) >= 11 is 12.6. The second-order valence-electron chi connectivity index (χ2n) is 7.41. The van der Waals surface area contributed by atoms with Gasteiger partial charge in [-0.2, -0.15) is 5.10 Å². The highest BCUT2D eigenvalue weighted by Gasteiger charge is 2.13. The van der Waals surface area contributed by atoms with Crippen LogP contribution in [0.1, 0.15) is 18.1 Å². The summed E-state index contributed by atoms with van der Waals surface area (Å²) in [5, 5.41) is 7.76. The molecule has 4 aromatic rings. The van der Waals surface area contributed by atoms with E-state index in [4.69, 9.17) is 37.8 Å². The van der Waals surface area contributed by atoms with E-state index in [1.165, 1.54) is 0 Å². The van der Waals surface area contributed by atoms with Crippen molar-refractivity contribution < 1.29 is 9.47 Å². The van der Waals surface area contributed by atoms with Crippen molar-refractivity contribution in [2.24, 2.45) is 5.10 Å². The van der Waals surface area contributed by atoms with E-state index in [2.05, 4.69) is 0 Å². The quantitative estimate of drug-likeness (QED) is 0.175. The van der Waals surface area contributed by atoms with Crippen LogP contribution in [0.3, 0.4) is 0 Å². The summed E-state index contributed by atoms with van der Waals surface area (Å²) in [6, 6.07) is 31.1. The summed E-state index contributed by atoms with van der Waals surface area (Å²) in [6.07, 6.45) is 1.76. The average molecular weight is 491 g/mol. The molecule has 0 aromatic heterocycles. The van der Waals surface area contributed by atoms with Crippen LogP contribution < -0.4 is 14.5 Å². The zero-order valence-corrected chi connectivity index (χ0v) is 20.2. The molecule has 0 bridgehead atoms. The zero-order valence-electron chi connectivity index (χ0n) is 18.7. The predicted octanol–water partition coefficient (Wildman–Crippen LogP) is 8.14. The predicted molar refractivity (Wildman–Crippen MR) is 141 cm³/mol. The number of ether oxygens (including phenoxy) is 2. The van der Waals surface area contributed by atoms with E-state index in [1.807, 2.05) is 109 Å². The van der Waals surface area contributed by atoms with Gasteiger partial charge in [-0.25, -0.2) is 5.01 Å². The molecule has 0 fully saturated rings. The Morgan fingerprint density at radius 1 is 0.794 bits per heavy atom. The van der Waals surface area contributed by atoms with Crippen LogP contribution in [0.4, 0.5) is 11.4 Å². The average Bonchev–Trinajstić information content (AvgIpc) is 2.86. The molecule has 0 saturated heterocycles. The number of anilines is 2. The number of hydrazone groups is 1. The first kappa shape index (κ1) is 23.7. The summed E-state index contributed by atoms with van der Waals surface area (Å²) in [5.41, 5.74) is 3.67. The van der Waals surface area contributed by atoms with Crippen molar-refractivity contribution in [2.75, 3.05) is 11.6 Å². The number of benzene rings is 4. The Labute approximate surface area is 210 Å². The first-order chi connectivity index (χ1) is 16.6. The number of para-hydroxylation sites is 2. The first-order valence-corrected chi connectivity index (χ1v) is 11.7. The van der Waals surface area contributed by atoms with Crippen LogP contribution >= 0.6 is 23.2 Å². The lowest BCUT2D eigenvalue weighted by Crippen LogP contribution is -2.09. The van der Waals surface area contributed by atoms with Gasteiger partial charge in [0.2, 0.25) is 0 Å². The van der Waals surface area contributed by atoms with Gasteiger partial charge in [0.05, 0.1) is 29.2 Å². The molecule has 0 radical (unpaired) electrons. The number of hydrogen-bond donors (Lipinski definition) is 0. The van der Waals surface area contributed by atoms with Gasteiger partial charge in [0, 0.05) is 5.02 Å². The molecule has 0 aliphatic rings. The van der Waals surface area contributed by atoms with Crippen LogP contribution in [0.25, 0.3) is 0 Å². The number of nitrogens with zero attached hydrogens (tertiary/aromatic N) is 2. The summed E-state index contributed by atoms with van der Waals surface area (Å²) in [6.45, 7) is 2.75. The van der Waals surface area contributed by atoms with Gasteiger partial charge in [0.15, 0.2) is 11.5 Å². The Balaban J connectivity index is 1.61. The molecule has 4 aromatic carbocycles. The van der Waals surface area contributed by atoms with E-state index in [-0.39, 0.29) is 0 Å². The molecule has 0 amide bonds.